The molecule has 0 aromatic heterocycles. The highest BCUT2D eigenvalue weighted by Gasteiger charge is 2.22. The third kappa shape index (κ3) is 4.39. The number of anilines is 2. The molecule has 2 aromatic rings. The summed E-state index contributed by atoms with van der Waals surface area (Å²) in [6, 6.07) is 0. The van der Waals surface area contributed by atoms with Crippen molar-refractivity contribution in [1.82, 2.24) is 0 Å². The fourth-order valence-electron chi connectivity index (χ4n) is 1.55. The lowest BCUT2D eigenvalue weighted by molar-refractivity contribution is 1.38. The van der Waals surface area contributed by atoms with E-state index >= 15 is 0 Å². The Labute approximate surface area is 217 Å². The van der Waals surface area contributed by atoms with Gasteiger partial charge in [-0.25, -0.2) is 0 Å². The van der Waals surface area contributed by atoms with Crippen LogP contribution in [0.3, 0.4) is 0 Å². The lowest BCUT2D eigenvalue weighted by atomic mass is 10.2. The van der Waals surface area contributed by atoms with Crippen molar-refractivity contribution in [3.63, 3.8) is 0 Å². The van der Waals surface area contributed by atoms with Crippen LogP contribution in [-0.2, 0) is 0 Å². The summed E-state index contributed by atoms with van der Waals surface area (Å²) in [4.78, 5) is 0. The summed E-state index contributed by atoms with van der Waals surface area (Å²) in [6.07, 6.45) is 0. The Kier molecular flexibility index (Phi) is 8.76. The molecule has 0 spiro atoms. The van der Waals surface area contributed by atoms with Gasteiger partial charge in [0.25, 0.3) is 0 Å². The van der Waals surface area contributed by atoms with Crippen LogP contribution in [-0.4, -0.2) is 0 Å². The van der Waals surface area contributed by atoms with Crippen LogP contribution in [0.5, 0.6) is 0 Å². The van der Waals surface area contributed by atoms with Gasteiger partial charge in [0.15, 0.2) is 0 Å². The summed E-state index contributed by atoms with van der Waals surface area (Å²) in [5, 5.41) is 3.45. The molecule has 1 nitrogen and oxygen atoms in total. The molecule has 0 saturated carbocycles. The van der Waals surface area contributed by atoms with Crippen LogP contribution in [0.25, 0.3) is 0 Å². The summed E-state index contributed by atoms with van der Waals surface area (Å²) in [7, 11) is 0. The normalized spacial score (nSPS) is 11.0. The van der Waals surface area contributed by atoms with Gasteiger partial charge in [-0.3, -0.25) is 0 Å². The van der Waals surface area contributed by atoms with Crippen molar-refractivity contribution in [1.29, 1.82) is 0 Å². The average Bonchev–Trinajstić information content (AvgIpc) is 2.54. The van der Waals surface area contributed by atoms with E-state index in [0.29, 0.717) is 0 Å². The van der Waals surface area contributed by atoms with E-state index in [2.05, 4.69) is 165 Å². The predicted molar refractivity (Wildman–Crippen MR) is 133 cm³/mol. The average molecular weight is 958 g/mol. The smallest absolute Gasteiger partial charge is 0.0697 e. The topological polar surface area (TPSA) is 12.0 Å². The SMILES string of the molecule is Brc1c(Br)c(Br)c(Nc2c(Br)c(Br)c(Br)c(Br)c2Br)c(Br)c1Br. The Bertz CT molecular complexity index is 691. The van der Waals surface area contributed by atoms with Gasteiger partial charge >= 0.3 is 0 Å². The first-order valence-electron chi connectivity index (χ1n) is 5.39. The Morgan fingerprint density at radius 1 is 0.304 bits per heavy atom. The van der Waals surface area contributed by atoms with E-state index in [1.54, 1.807) is 0 Å². The van der Waals surface area contributed by atoms with Crippen molar-refractivity contribution >= 4 is 171 Å². The second kappa shape index (κ2) is 9.03. The molecule has 2 aromatic carbocycles. The van der Waals surface area contributed by atoms with Gasteiger partial charge in [0, 0.05) is 26.8 Å². The van der Waals surface area contributed by atoms with E-state index in [0.717, 1.165) is 56.1 Å². The second-order valence-electron chi connectivity index (χ2n) is 4.01. The second-order valence-corrected chi connectivity index (χ2v) is 11.9. The molecular formula is C12HBr10N. The fourth-order valence-corrected chi connectivity index (χ4v) is 8.04. The maximum absolute atomic E-state index is 3.62. The van der Waals surface area contributed by atoms with Crippen LogP contribution in [0, 0.1) is 0 Å². The van der Waals surface area contributed by atoms with Crippen molar-refractivity contribution < 1.29 is 0 Å². The van der Waals surface area contributed by atoms with E-state index in [4.69, 9.17) is 0 Å². The molecule has 0 aliphatic heterocycles. The first-order valence-corrected chi connectivity index (χ1v) is 13.3. The summed E-state index contributed by atoms with van der Waals surface area (Å²) >= 11 is 35.9. The number of rotatable bonds is 2. The van der Waals surface area contributed by atoms with Crippen molar-refractivity contribution in [2.75, 3.05) is 5.32 Å². The van der Waals surface area contributed by atoms with Gasteiger partial charge < -0.3 is 5.32 Å². The zero-order valence-corrected chi connectivity index (χ0v) is 26.1. The first-order chi connectivity index (χ1) is 10.6. The van der Waals surface area contributed by atoms with Crippen molar-refractivity contribution in [3.05, 3.63) is 44.7 Å². The zero-order chi connectivity index (χ0) is 17.6. The van der Waals surface area contributed by atoms with E-state index in [9.17, 15) is 0 Å². The van der Waals surface area contributed by atoms with Crippen LogP contribution in [0.15, 0.2) is 44.7 Å². The monoisotopic (exact) mass is 948 g/mol. The van der Waals surface area contributed by atoms with Gasteiger partial charge in [-0.2, -0.15) is 0 Å². The molecule has 0 heterocycles. The minimum Gasteiger partial charge on any atom is -0.352 e. The van der Waals surface area contributed by atoms with E-state index < -0.39 is 0 Å². The van der Waals surface area contributed by atoms with E-state index in [1.807, 2.05) is 0 Å². The van der Waals surface area contributed by atoms with Crippen molar-refractivity contribution in [2.24, 2.45) is 0 Å². The molecule has 0 unspecified atom stereocenters. The molecule has 0 aliphatic carbocycles. The zero-order valence-electron chi connectivity index (χ0n) is 10.3. The van der Waals surface area contributed by atoms with E-state index in [-0.39, 0.29) is 0 Å². The molecule has 124 valence electrons. The minimum atomic E-state index is 0.870. The largest absolute Gasteiger partial charge is 0.352 e. The Balaban J connectivity index is 2.71. The molecule has 1 N–H and O–H groups in total. The van der Waals surface area contributed by atoms with Crippen molar-refractivity contribution in [3.8, 4) is 0 Å². The van der Waals surface area contributed by atoms with E-state index in [1.165, 1.54) is 0 Å². The molecule has 0 radical (unpaired) electrons. The lowest BCUT2D eigenvalue weighted by Crippen LogP contribution is -1.99. The van der Waals surface area contributed by atoms with Crippen LogP contribution in [0.4, 0.5) is 11.4 Å². The highest BCUT2D eigenvalue weighted by Crippen LogP contribution is 2.52. The Hall–Kier alpha value is 3.04. The predicted octanol–water partition coefficient (Wildman–Crippen LogP) is 11.1. The molecule has 0 saturated heterocycles. The highest BCUT2D eigenvalue weighted by molar-refractivity contribution is 9.16. The van der Waals surface area contributed by atoms with Gasteiger partial charge in [-0.1, -0.05) is 0 Å². The Morgan fingerprint density at radius 3 is 0.696 bits per heavy atom. The molecule has 11 heteroatoms. The van der Waals surface area contributed by atoms with Crippen LogP contribution >= 0.6 is 159 Å². The van der Waals surface area contributed by atoms with Crippen LogP contribution in [0.1, 0.15) is 0 Å². The number of hydrogen-bond acceptors (Lipinski definition) is 1. The summed E-state index contributed by atoms with van der Waals surface area (Å²) in [5.74, 6) is 0. The minimum absolute atomic E-state index is 0.870. The maximum Gasteiger partial charge on any atom is 0.0697 e. The van der Waals surface area contributed by atoms with Crippen molar-refractivity contribution in [2.45, 2.75) is 0 Å². The lowest BCUT2D eigenvalue weighted by Gasteiger charge is -2.19. The quantitative estimate of drug-likeness (QED) is 0.234. The molecule has 0 amide bonds. The molecule has 0 fully saturated rings. The van der Waals surface area contributed by atoms with Gasteiger partial charge in [-0.15, -0.1) is 0 Å². The molecule has 0 bridgehead atoms. The van der Waals surface area contributed by atoms with Crippen LogP contribution in [0.2, 0.25) is 0 Å². The van der Waals surface area contributed by atoms with Gasteiger partial charge in [0.05, 0.1) is 29.3 Å². The van der Waals surface area contributed by atoms with Gasteiger partial charge in [0.1, 0.15) is 0 Å². The number of halogens is 10. The third-order valence-corrected chi connectivity index (χ3v) is 14.9. The fraction of sp³-hybridized carbons (Fsp3) is 0. The summed E-state index contributed by atoms with van der Waals surface area (Å²) < 4.78 is 8.96. The first kappa shape index (κ1) is 22.3. The molecule has 0 aliphatic rings. The molecule has 23 heavy (non-hydrogen) atoms. The van der Waals surface area contributed by atoms with Crippen LogP contribution < -0.4 is 5.32 Å². The number of nitrogens with one attached hydrogen (secondary N) is 1. The molecular weight excluding hydrogens is 957 g/mol. The van der Waals surface area contributed by atoms with Gasteiger partial charge in [-0.05, 0) is 159 Å². The summed E-state index contributed by atoms with van der Waals surface area (Å²) in [5.41, 5.74) is 1.74. The number of benzene rings is 2. The summed E-state index contributed by atoms with van der Waals surface area (Å²) in [6.45, 7) is 0. The number of hydrogen-bond donors (Lipinski definition) is 1. The third-order valence-electron chi connectivity index (χ3n) is 2.67. The molecule has 2 rings (SSSR count). The maximum atomic E-state index is 3.62. The standard InChI is InChI=1S/C12HBr10N/c13-1-3(15)7(19)11(8(20)4(1)16)23-12-9(21)5(17)2(14)6(18)10(12)22/h23H. The van der Waals surface area contributed by atoms with Gasteiger partial charge in [0.2, 0.25) is 0 Å². The Morgan fingerprint density at radius 2 is 0.478 bits per heavy atom. The molecule has 0 atom stereocenters. The highest BCUT2D eigenvalue weighted by atomic mass is 79.9.